The number of hydrogen-bond donors (Lipinski definition) is 1. The van der Waals surface area contributed by atoms with Gasteiger partial charge < -0.3 is 5.32 Å². The second kappa shape index (κ2) is 6.20. The minimum absolute atomic E-state index is 0.0629. The van der Waals surface area contributed by atoms with Gasteiger partial charge in [-0.25, -0.2) is 0 Å². The second-order valence-electron chi connectivity index (χ2n) is 4.52. The van der Waals surface area contributed by atoms with Crippen molar-refractivity contribution in [1.82, 2.24) is 0 Å². The zero-order valence-corrected chi connectivity index (χ0v) is 10.8. The van der Waals surface area contributed by atoms with Gasteiger partial charge in [0.2, 0.25) is 5.91 Å². The number of allylic oxidation sites excluding steroid dienone is 3. The molecule has 1 amide bonds. The van der Waals surface area contributed by atoms with Crippen LogP contribution >= 0.6 is 0 Å². The van der Waals surface area contributed by atoms with E-state index in [-0.39, 0.29) is 5.91 Å². The lowest BCUT2D eigenvalue weighted by atomic mass is 9.90. The van der Waals surface area contributed by atoms with E-state index in [1.165, 1.54) is 24.0 Å². The maximum absolute atomic E-state index is 11.7. The Bertz CT molecular complexity index is 486. The molecule has 2 rings (SSSR count). The van der Waals surface area contributed by atoms with Crippen LogP contribution in [0.25, 0.3) is 0 Å². The summed E-state index contributed by atoms with van der Waals surface area (Å²) in [5, 5.41) is 2.97. The standard InChI is InChI=1S/C16H19NO/c1-2-3-4-12-16(18)17-15-11-7-9-13-8-5-6-10-14(13)15/h2-4,7,9,11-12H,5-6,8,10H2,1H3,(H,17,18)/b3-2+,12-4+. The third-order valence-electron chi connectivity index (χ3n) is 3.20. The Labute approximate surface area is 108 Å². The summed E-state index contributed by atoms with van der Waals surface area (Å²) in [6.07, 6.45) is 11.7. The summed E-state index contributed by atoms with van der Waals surface area (Å²) in [5.41, 5.74) is 3.68. The molecular formula is C16H19NO. The van der Waals surface area contributed by atoms with Crippen LogP contribution < -0.4 is 5.32 Å². The van der Waals surface area contributed by atoms with E-state index >= 15 is 0 Å². The average Bonchev–Trinajstić information content (AvgIpc) is 2.39. The van der Waals surface area contributed by atoms with Crippen molar-refractivity contribution in [2.45, 2.75) is 32.6 Å². The van der Waals surface area contributed by atoms with Gasteiger partial charge in [0.1, 0.15) is 0 Å². The van der Waals surface area contributed by atoms with Crippen LogP contribution in [-0.2, 0) is 17.6 Å². The molecule has 0 bridgehead atoms. The molecule has 0 fully saturated rings. The van der Waals surface area contributed by atoms with Crippen LogP contribution in [0.15, 0.2) is 42.5 Å². The van der Waals surface area contributed by atoms with E-state index in [0.717, 1.165) is 18.5 Å². The molecule has 1 aliphatic carbocycles. The van der Waals surface area contributed by atoms with Gasteiger partial charge in [-0.2, -0.15) is 0 Å². The van der Waals surface area contributed by atoms with Gasteiger partial charge in [0.25, 0.3) is 0 Å². The van der Waals surface area contributed by atoms with Gasteiger partial charge in [-0.05, 0) is 49.8 Å². The quantitative estimate of drug-likeness (QED) is 0.635. The lowest BCUT2D eigenvalue weighted by Crippen LogP contribution is -2.12. The first-order valence-corrected chi connectivity index (χ1v) is 6.52. The Morgan fingerprint density at radius 3 is 2.89 bits per heavy atom. The number of carbonyl (C=O) groups excluding carboxylic acids is 1. The number of hydrogen-bond acceptors (Lipinski definition) is 1. The average molecular weight is 241 g/mol. The lowest BCUT2D eigenvalue weighted by molar-refractivity contribution is -0.111. The highest BCUT2D eigenvalue weighted by atomic mass is 16.1. The zero-order chi connectivity index (χ0) is 12.8. The van der Waals surface area contributed by atoms with Crippen molar-refractivity contribution in [3.8, 4) is 0 Å². The third-order valence-corrected chi connectivity index (χ3v) is 3.20. The lowest BCUT2D eigenvalue weighted by Gasteiger charge is -2.19. The number of nitrogens with one attached hydrogen (secondary N) is 1. The van der Waals surface area contributed by atoms with E-state index in [4.69, 9.17) is 0 Å². The van der Waals surface area contributed by atoms with Gasteiger partial charge in [0.05, 0.1) is 0 Å². The zero-order valence-electron chi connectivity index (χ0n) is 10.8. The molecule has 0 saturated heterocycles. The van der Waals surface area contributed by atoms with Gasteiger partial charge in [-0.1, -0.05) is 30.4 Å². The molecule has 2 heteroatoms. The fourth-order valence-corrected chi connectivity index (χ4v) is 2.33. The van der Waals surface area contributed by atoms with Crippen LogP contribution in [0.2, 0.25) is 0 Å². The normalized spacial score (nSPS) is 14.9. The van der Waals surface area contributed by atoms with Crippen LogP contribution in [0.1, 0.15) is 30.9 Å². The minimum Gasteiger partial charge on any atom is -0.322 e. The molecule has 1 aromatic carbocycles. The number of rotatable bonds is 3. The summed E-state index contributed by atoms with van der Waals surface area (Å²) in [5.74, 6) is -0.0629. The third kappa shape index (κ3) is 3.10. The van der Waals surface area contributed by atoms with Crippen molar-refractivity contribution in [3.63, 3.8) is 0 Å². The predicted molar refractivity (Wildman–Crippen MR) is 75.7 cm³/mol. The van der Waals surface area contributed by atoms with Gasteiger partial charge in [-0.15, -0.1) is 0 Å². The maximum Gasteiger partial charge on any atom is 0.248 e. The van der Waals surface area contributed by atoms with E-state index in [2.05, 4.69) is 11.4 Å². The summed E-state index contributed by atoms with van der Waals surface area (Å²) >= 11 is 0. The van der Waals surface area contributed by atoms with Gasteiger partial charge in [0, 0.05) is 11.8 Å². The Balaban J connectivity index is 2.12. The Kier molecular flexibility index (Phi) is 4.35. The number of aryl methyl sites for hydroxylation is 1. The Morgan fingerprint density at radius 1 is 1.22 bits per heavy atom. The Morgan fingerprint density at radius 2 is 2.06 bits per heavy atom. The fourth-order valence-electron chi connectivity index (χ4n) is 2.33. The van der Waals surface area contributed by atoms with Crippen LogP contribution in [0, 0.1) is 0 Å². The smallest absolute Gasteiger partial charge is 0.248 e. The molecule has 0 atom stereocenters. The van der Waals surface area contributed by atoms with Crippen molar-refractivity contribution in [2.24, 2.45) is 0 Å². The largest absolute Gasteiger partial charge is 0.322 e. The molecule has 0 unspecified atom stereocenters. The second-order valence-corrected chi connectivity index (χ2v) is 4.52. The van der Waals surface area contributed by atoms with Crippen LogP contribution in [0.4, 0.5) is 5.69 Å². The highest BCUT2D eigenvalue weighted by Crippen LogP contribution is 2.27. The van der Waals surface area contributed by atoms with Crippen molar-refractivity contribution < 1.29 is 4.79 Å². The van der Waals surface area contributed by atoms with Gasteiger partial charge in [0.15, 0.2) is 0 Å². The molecule has 2 nitrogen and oxygen atoms in total. The van der Waals surface area contributed by atoms with Crippen LogP contribution in [0.3, 0.4) is 0 Å². The molecule has 0 heterocycles. The first kappa shape index (κ1) is 12.6. The first-order valence-electron chi connectivity index (χ1n) is 6.52. The molecule has 0 saturated carbocycles. The number of fused-ring (bicyclic) bond motifs is 1. The summed E-state index contributed by atoms with van der Waals surface area (Å²) in [7, 11) is 0. The molecular weight excluding hydrogens is 222 g/mol. The molecule has 0 aliphatic heterocycles. The molecule has 1 N–H and O–H groups in total. The first-order chi connectivity index (χ1) is 8.81. The van der Waals surface area contributed by atoms with Crippen molar-refractivity contribution in [2.75, 3.05) is 5.32 Å². The molecule has 0 radical (unpaired) electrons. The number of benzene rings is 1. The molecule has 1 aromatic rings. The maximum atomic E-state index is 11.7. The van der Waals surface area contributed by atoms with E-state index in [1.54, 1.807) is 12.2 Å². The monoisotopic (exact) mass is 241 g/mol. The summed E-state index contributed by atoms with van der Waals surface area (Å²) in [4.78, 5) is 11.7. The molecule has 94 valence electrons. The number of carbonyl (C=O) groups is 1. The number of amides is 1. The highest BCUT2D eigenvalue weighted by Gasteiger charge is 2.13. The van der Waals surface area contributed by atoms with Crippen LogP contribution in [0.5, 0.6) is 0 Å². The van der Waals surface area contributed by atoms with Crippen molar-refractivity contribution in [1.29, 1.82) is 0 Å². The predicted octanol–water partition coefficient (Wildman–Crippen LogP) is 3.64. The molecule has 18 heavy (non-hydrogen) atoms. The van der Waals surface area contributed by atoms with E-state index in [0.29, 0.717) is 0 Å². The topological polar surface area (TPSA) is 29.1 Å². The van der Waals surface area contributed by atoms with Gasteiger partial charge >= 0.3 is 0 Å². The minimum atomic E-state index is -0.0629. The summed E-state index contributed by atoms with van der Waals surface area (Å²) in [6, 6.07) is 6.18. The van der Waals surface area contributed by atoms with Gasteiger partial charge in [-0.3, -0.25) is 4.79 Å². The van der Waals surface area contributed by atoms with Crippen LogP contribution in [-0.4, -0.2) is 5.91 Å². The summed E-state index contributed by atoms with van der Waals surface area (Å²) < 4.78 is 0. The molecule has 0 spiro atoms. The fraction of sp³-hybridized carbons (Fsp3) is 0.312. The Hall–Kier alpha value is -1.83. The highest BCUT2D eigenvalue weighted by molar-refractivity contribution is 6.00. The number of anilines is 1. The van der Waals surface area contributed by atoms with E-state index in [1.807, 2.05) is 31.2 Å². The van der Waals surface area contributed by atoms with Crippen molar-refractivity contribution >= 4 is 11.6 Å². The molecule has 0 aromatic heterocycles. The van der Waals surface area contributed by atoms with E-state index in [9.17, 15) is 4.79 Å². The van der Waals surface area contributed by atoms with E-state index < -0.39 is 0 Å². The summed E-state index contributed by atoms with van der Waals surface area (Å²) in [6.45, 7) is 1.93. The van der Waals surface area contributed by atoms with Crippen molar-refractivity contribution in [3.05, 3.63) is 53.6 Å². The SMILES string of the molecule is C/C=C/C=C/C(=O)Nc1cccc2c1CCCC2. The molecule has 1 aliphatic rings.